The molecule has 2 unspecified atom stereocenters. The van der Waals surface area contributed by atoms with E-state index >= 15 is 0 Å². The van der Waals surface area contributed by atoms with E-state index in [4.69, 9.17) is 0 Å². The Morgan fingerprint density at radius 2 is 0.848 bits per heavy atom. The second-order valence-corrected chi connectivity index (χ2v) is 30.0. The van der Waals surface area contributed by atoms with Crippen LogP contribution in [0.15, 0.2) is 132 Å². The first-order valence-corrected chi connectivity index (χ1v) is 25.5. The Kier molecular flexibility index (Phi) is 8.25. The van der Waals surface area contributed by atoms with Crippen molar-refractivity contribution in [3.63, 3.8) is 0 Å². The summed E-state index contributed by atoms with van der Waals surface area (Å²) in [5, 5.41) is 5.34. The molecule has 0 amide bonds. The number of fused-ring (bicyclic) bond motifs is 4. The van der Waals surface area contributed by atoms with Crippen LogP contribution in [-0.4, -0.2) is 0 Å². The van der Waals surface area contributed by atoms with Crippen LogP contribution in [0.5, 0.6) is 0 Å². The summed E-state index contributed by atoms with van der Waals surface area (Å²) in [6, 6.07) is 45.7. The van der Waals surface area contributed by atoms with Crippen molar-refractivity contribution in [1.29, 1.82) is 0 Å². The van der Waals surface area contributed by atoms with E-state index < -0.39 is 20.0 Å². The first kappa shape index (κ1) is 31.4. The van der Waals surface area contributed by atoms with Crippen molar-refractivity contribution in [1.82, 2.24) is 0 Å². The van der Waals surface area contributed by atoms with E-state index in [1.807, 2.05) is 0 Å². The molecule has 3 aliphatic rings. The quantitative estimate of drug-likeness (QED) is 0.183. The second kappa shape index (κ2) is 12.1. The predicted molar refractivity (Wildman–Crippen MR) is 186 cm³/mol. The number of hydrogen-bond donors (Lipinski definition) is 0. The van der Waals surface area contributed by atoms with E-state index in [1.165, 1.54) is 69.7 Å². The predicted octanol–water partition coefficient (Wildman–Crippen LogP) is 6.35. The monoisotopic (exact) mass is 802 g/mol. The standard InChI is InChI=1S/2C20H15.C3H6.2ClH.Hf/c2*1-14-12-16-8-5-11-19(20(16)13-14)18-10-4-7-15-6-2-3-9-17(15)18;1-3-2;;;/h2*2-13H,1H3;1-3H2;2*1H;/q;;;;;+2/p-2. The molecule has 6 aromatic rings. The molecule has 2 aliphatic carbocycles. The van der Waals surface area contributed by atoms with E-state index in [9.17, 15) is 0 Å². The van der Waals surface area contributed by atoms with Crippen molar-refractivity contribution in [2.75, 3.05) is 0 Å². The van der Waals surface area contributed by atoms with Gasteiger partial charge in [0, 0.05) is 0 Å². The SMILES string of the molecule is CC1=Cc2c(-c3cccc4ccccc34)cccc2[CH]1[Hf+2]1([CH]2C(C)=Cc3c(-c4cccc5ccccc45)cccc32)[CH2]C[CH2]1.[Cl-].[Cl-]. The number of hydrogen-bond acceptors (Lipinski definition) is 0. The summed E-state index contributed by atoms with van der Waals surface area (Å²) >= 11 is -3.00. The zero-order chi connectivity index (χ0) is 29.4. The van der Waals surface area contributed by atoms with Crippen LogP contribution in [0, 0.1) is 0 Å². The van der Waals surface area contributed by atoms with Crippen LogP contribution in [0.3, 0.4) is 0 Å². The second-order valence-electron chi connectivity index (χ2n) is 13.4. The van der Waals surface area contributed by atoms with E-state index in [0.29, 0.717) is 7.35 Å². The summed E-state index contributed by atoms with van der Waals surface area (Å²) in [6.45, 7) is 4.91. The molecule has 46 heavy (non-hydrogen) atoms. The average Bonchev–Trinajstić information content (AvgIpc) is 3.56. The van der Waals surface area contributed by atoms with Crippen molar-refractivity contribution >= 4 is 33.7 Å². The van der Waals surface area contributed by atoms with Gasteiger partial charge in [-0.15, -0.1) is 0 Å². The maximum Gasteiger partial charge on any atom is -1.00 e. The van der Waals surface area contributed by atoms with Gasteiger partial charge >= 0.3 is 267 Å². The molecule has 2 atom stereocenters. The third kappa shape index (κ3) is 4.57. The molecule has 3 heteroatoms. The van der Waals surface area contributed by atoms with E-state index in [2.05, 4.69) is 147 Å². The molecule has 6 aromatic carbocycles. The minimum Gasteiger partial charge on any atom is -1.00 e. The zero-order valence-electron chi connectivity index (χ0n) is 26.2. The molecule has 0 spiro atoms. The molecule has 0 aromatic heterocycles. The summed E-state index contributed by atoms with van der Waals surface area (Å²) in [6.07, 6.45) is 6.57. The number of rotatable bonds is 4. The average molecular weight is 802 g/mol. The van der Waals surface area contributed by atoms with Gasteiger partial charge in [-0.2, -0.15) is 0 Å². The maximum absolute atomic E-state index is 3.00. The molecule has 0 bridgehead atoms. The molecule has 0 nitrogen and oxygen atoms in total. The smallest absolute Gasteiger partial charge is 1.00 e. The van der Waals surface area contributed by atoms with Gasteiger partial charge < -0.3 is 24.8 Å². The maximum atomic E-state index is 2.58. The van der Waals surface area contributed by atoms with Crippen LogP contribution in [0.25, 0.3) is 56.0 Å². The molecule has 9 rings (SSSR count). The van der Waals surface area contributed by atoms with Crippen LogP contribution < -0.4 is 24.8 Å². The Bertz CT molecular complexity index is 2040. The Morgan fingerprint density at radius 1 is 0.457 bits per heavy atom. The fraction of sp³-hybridized carbons (Fsp3) is 0.163. The summed E-state index contributed by atoms with van der Waals surface area (Å²) in [5.74, 6) is 0. The first-order chi connectivity index (χ1) is 21.6. The molecule has 0 N–H and O–H groups in total. The number of halogens is 2. The van der Waals surface area contributed by atoms with Crippen molar-refractivity contribution in [3.8, 4) is 22.3 Å². The molecular formula is C43H36Cl2Hf. The Morgan fingerprint density at radius 3 is 1.28 bits per heavy atom. The van der Waals surface area contributed by atoms with Gasteiger partial charge in [-0.25, -0.2) is 0 Å². The fourth-order valence-corrected chi connectivity index (χ4v) is 32.3. The van der Waals surface area contributed by atoms with Crippen LogP contribution in [0.1, 0.15) is 49.9 Å². The zero-order valence-corrected chi connectivity index (χ0v) is 31.3. The third-order valence-corrected chi connectivity index (χ3v) is 34.1. The van der Waals surface area contributed by atoms with Crippen LogP contribution in [0.2, 0.25) is 8.35 Å². The van der Waals surface area contributed by atoms with Gasteiger partial charge in [-0.3, -0.25) is 0 Å². The first-order valence-electron chi connectivity index (χ1n) is 16.2. The summed E-state index contributed by atoms with van der Waals surface area (Å²) in [5.41, 5.74) is 15.0. The van der Waals surface area contributed by atoms with Crippen molar-refractivity contribution < 1.29 is 44.8 Å². The molecule has 0 radical (unpaired) electrons. The number of allylic oxidation sites excluding steroid dienone is 2. The summed E-state index contributed by atoms with van der Waals surface area (Å²) < 4.78 is 4.30. The Labute approximate surface area is 289 Å². The van der Waals surface area contributed by atoms with E-state index in [0.717, 1.165) is 0 Å². The van der Waals surface area contributed by atoms with Gasteiger partial charge in [-0.1, -0.05) is 0 Å². The number of benzene rings is 6. The van der Waals surface area contributed by atoms with Crippen molar-refractivity contribution in [2.45, 2.75) is 36.0 Å². The van der Waals surface area contributed by atoms with Gasteiger partial charge in [0.1, 0.15) is 0 Å². The third-order valence-electron chi connectivity index (χ3n) is 11.2. The molecular weight excluding hydrogens is 766 g/mol. The Hall–Kier alpha value is -3.23. The molecule has 1 heterocycles. The van der Waals surface area contributed by atoms with Crippen molar-refractivity contribution in [2.24, 2.45) is 0 Å². The van der Waals surface area contributed by atoms with E-state index in [1.54, 1.807) is 22.3 Å². The van der Waals surface area contributed by atoms with Crippen LogP contribution in [-0.2, 0) is 20.0 Å². The van der Waals surface area contributed by atoms with Gasteiger partial charge in [0.15, 0.2) is 0 Å². The van der Waals surface area contributed by atoms with Crippen molar-refractivity contribution in [3.05, 3.63) is 155 Å². The minimum absolute atomic E-state index is 0. The molecule has 1 aliphatic heterocycles. The summed E-state index contributed by atoms with van der Waals surface area (Å²) in [7, 11) is 0. The van der Waals surface area contributed by atoms with E-state index in [-0.39, 0.29) is 24.8 Å². The van der Waals surface area contributed by atoms with Gasteiger partial charge in [0.05, 0.1) is 0 Å². The Balaban J connectivity index is 0.00000169. The molecule has 1 fully saturated rings. The van der Waals surface area contributed by atoms with Gasteiger partial charge in [-0.05, 0) is 0 Å². The largest absolute Gasteiger partial charge is 1.00 e. The van der Waals surface area contributed by atoms with Gasteiger partial charge in [0.2, 0.25) is 0 Å². The normalized spacial score (nSPS) is 18.2. The molecule has 0 saturated carbocycles. The van der Waals surface area contributed by atoms with Crippen LogP contribution in [0.4, 0.5) is 0 Å². The van der Waals surface area contributed by atoms with Gasteiger partial charge in [0.25, 0.3) is 0 Å². The fourth-order valence-electron chi connectivity index (χ4n) is 9.35. The van der Waals surface area contributed by atoms with Crippen LogP contribution >= 0.6 is 0 Å². The minimum atomic E-state index is -3.00. The summed E-state index contributed by atoms with van der Waals surface area (Å²) in [4.78, 5) is 0. The topological polar surface area (TPSA) is 0 Å². The molecule has 1 saturated heterocycles. The molecule has 226 valence electrons.